The summed E-state index contributed by atoms with van der Waals surface area (Å²) >= 11 is 0. The molecule has 0 unspecified atom stereocenters. The number of nitrogens with zero attached hydrogens (tertiary/aromatic N) is 4. The van der Waals surface area contributed by atoms with E-state index in [0.717, 1.165) is 50.2 Å². The Morgan fingerprint density at radius 2 is 1.95 bits per heavy atom. The van der Waals surface area contributed by atoms with Crippen molar-refractivity contribution in [1.29, 1.82) is 0 Å². The summed E-state index contributed by atoms with van der Waals surface area (Å²) in [6.45, 7) is 9.90. The number of hydrogen-bond donors (Lipinski definition) is 1. The van der Waals surface area contributed by atoms with Gasteiger partial charge in [-0.15, -0.1) is 0 Å². The van der Waals surface area contributed by atoms with Gasteiger partial charge in [-0.05, 0) is 13.8 Å². The van der Waals surface area contributed by atoms with Crippen LogP contribution in [0.15, 0.2) is 6.07 Å². The molecule has 6 nitrogen and oxygen atoms in total. The predicted octanol–water partition coefficient (Wildman–Crippen LogP) is 1.28. The molecule has 1 aromatic rings. The number of amides is 1. The van der Waals surface area contributed by atoms with E-state index in [0.29, 0.717) is 6.42 Å². The molecule has 20 heavy (non-hydrogen) atoms. The average Bonchev–Trinajstić information content (AvgIpc) is 2.46. The highest BCUT2D eigenvalue weighted by Gasteiger charge is 2.21. The van der Waals surface area contributed by atoms with Crippen molar-refractivity contribution in [1.82, 2.24) is 14.9 Å². The fourth-order valence-corrected chi connectivity index (χ4v) is 2.39. The molecule has 2 heterocycles. The van der Waals surface area contributed by atoms with Gasteiger partial charge in [-0.25, -0.2) is 9.97 Å². The van der Waals surface area contributed by atoms with E-state index >= 15 is 0 Å². The topological polar surface area (TPSA) is 61.4 Å². The molecule has 2 rings (SSSR count). The summed E-state index contributed by atoms with van der Waals surface area (Å²) < 4.78 is 0. The first kappa shape index (κ1) is 14.6. The lowest BCUT2D eigenvalue weighted by Crippen LogP contribution is -2.48. The van der Waals surface area contributed by atoms with Gasteiger partial charge in [0.15, 0.2) is 0 Å². The summed E-state index contributed by atoms with van der Waals surface area (Å²) in [7, 11) is 0. The van der Waals surface area contributed by atoms with Crippen molar-refractivity contribution in [3.05, 3.63) is 11.9 Å². The molecule has 1 fully saturated rings. The first-order chi connectivity index (χ1) is 9.63. The SMILES string of the molecule is CCNc1cc(N2CCN(C(=O)CC)CC2)nc(C)n1. The number of hydrogen-bond acceptors (Lipinski definition) is 5. The molecule has 0 radical (unpaired) electrons. The van der Waals surface area contributed by atoms with E-state index in [-0.39, 0.29) is 5.91 Å². The van der Waals surface area contributed by atoms with Crippen LogP contribution in [0.2, 0.25) is 0 Å². The summed E-state index contributed by atoms with van der Waals surface area (Å²) in [5.41, 5.74) is 0. The van der Waals surface area contributed by atoms with Gasteiger partial charge in [-0.3, -0.25) is 4.79 Å². The Morgan fingerprint density at radius 1 is 1.25 bits per heavy atom. The van der Waals surface area contributed by atoms with Crippen LogP contribution in [0.3, 0.4) is 0 Å². The zero-order chi connectivity index (χ0) is 14.5. The van der Waals surface area contributed by atoms with E-state index in [2.05, 4.69) is 20.2 Å². The Kier molecular flexibility index (Phi) is 4.76. The maximum atomic E-state index is 11.7. The van der Waals surface area contributed by atoms with E-state index in [9.17, 15) is 4.79 Å². The normalized spacial score (nSPS) is 15.3. The van der Waals surface area contributed by atoms with Gasteiger partial charge in [-0.1, -0.05) is 6.92 Å². The largest absolute Gasteiger partial charge is 0.370 e. The van der Waals surface area contributed by atoms with Crippen molar-refractivity contribution in [3.8, 4) is 0 Å². The van der Waals surface area contributed by atoms with Crippen LogP contribution < -0.4 is 10.2 Å². The molecule has 0 aliphatic carbocycles. The molecule has 1 aliphatic heterocycles. The first-order valence-electron chi connectivity index (χ1n) is 7.26. The molecule has 0 saturated carbocycles. The molecule has 0 aromatic carbocycles. The zero-order valence-electron chi connectivity index (χ0n) is 12.5. The monoisotopic (exact) mass is 277 g/mol. The number of anilines is 2. The highest BCUT2D eigenvalue weighted by Crippen LogP contribution is 2.17. The molecule has 110 valence electrons. The highest BCUT2D eigenvalue weighted by atomic mass is 16.2. The second-order valence-electron chi connectivity index (χ2n) is 4.91. The quantitative estimate of drug-likeness (QED) is 0.898. The second kappa shape index (κ2) is 6.54. The van der Waals surface area contributed by atoms with Gasteiger partial charge in [0, 0.05) is 45.2 Å². The lowest BCUT2D eigenvalue weighted by Gasteiger charge is -2.35. The summed E-state index contributed by atoms with van der Waals surface area (Å²) in [5, 5.41) is 3.22. The lowest BCUT2D eigenvalue weighted by molar-refractivity contribution is -0.131. The van der Waals surface area contributed by atoms with Crippen molar-refractivity contribution in [2.45, 2.75) is 27.2 Å². The van der Waals surface area contributed by atoms with E-state index in [1.807, 2.05) is 31.7 Å². The third kappa shape index (κ3) is 3.37. The van der Waals surface area contributed by atoms with Gasteiger partial charge in [0.1, 0.15) is 17.5 Å². The van der Waals surface area contributed by atoms with Crippen molar-refractivity contribution in [2.24, 2.45) is 0 Å². The van der Waals surface area contributed by atoms with Crippen molar-refractivity contribution < 1.29 is 4.79 Å². The number of piperazine rings is 1. The number of rotatable bonds is 4. The third-order valence-corrected chi connectivity index (χ3v) is 3.44. The van der Waals surface area contributed by atoms with Crippen molar-refractivity contribution >= 4 is 17.5 Å². The predicted molar refractivity (Wildman–Crippen MR) is 80.0 cm³/mol. The van der Waals surface area contributed by atoms with Gasteiger partial charge in [0.25, 0.3) is 0 Å². The number of aryl methyl sites for hydroxylation is 1. The first-order valence-corrected chi connectivity index (χ1v) is 7.26. The minimum Gasteiger partial charge on any atom is -0.370 e. The molecule has 0 spiro atoms. The molecule has 0 atom stereocenters. The lowest BCUT2D eigenvalue weighted by atomic mass is 10.3. The van der Waals surface area contributed by atoms with E-state index in [1.54, 1.807) is 0 Å². The van der Waals surface area contributed by atoms with Gasteiger partial charge in [0.05, 0.1) is 0 Å². The second-order valence-corrected chi connectivity index (χ2v) is 4.91. The fraction of sp³-hybridized carbons (Fsp3) is 0.643. The smallest absolute Gasteiger partial charge is 0.222 e. The van der Waals surface area contributed by atoms with Crippen LogP contribution in [-0.4, -0.2) is 53.5 Å². The minimum absolute atomic E-state index is 0.233. The Labute approximate surface area is 120 Å². The number of carbonyl (C=O) groups is 1. The summed E-state index contributed by atoms with van der Waals surface area (Å²) in [5.74, 6) is 2.81. The minimum atomic E-state index is 0.233. The maximum absolute atomic E-state index is 11.7. The van der Waals surface area contributed by atoms with Crippen LogP contribution >= 0.6 is 0 Å². The Morgan fingerprint density at radius 3 is 2.55 bits per heavy atom. The van der Waals surface area contributed by atoms with Gasteiger partial charge in [0.2, 0.25) is 5.91 Å². The molecule has 1 aromatic heterocycles. The standard InChI is InChI=1S/C14H23N5O/c1-4-14(20)19-8-6-18(7-9-19)13-10-12(15-5-2)16-11(3)17-13/h10H,4-9H2,1-3H3,(H,15,16,17). The van der Waals surface area contributed by atoms with Gasteiger partial charge >= 0.3 is 0 Å². The maximum Gasteiger partial charge on any atom is 0.222 e. The van der Waals surface area contributed by atoms with Gasteiger partial charge < -0.3 is 15.1 Å². The molecule has 1 aliphatic rings. The van der Waals surface area contributed by atoms with Crippen LogP contribution in [0.25, 0.3) is 0 Å². The molecule has 1 N–H and O–H groups in total. The van der Waals surface area contributed by atoms with Crippen LogP contribution in [0, 0.1) is 6.92 Å². The Bertz CT molecular complexity index is 469. The molecule has 0 bridgehead atoms. The Balaban J connectivity index is 2.04. The van der Waals surface area contributed by atoms with Crippen molar-refractivity contribution in [3.63, 3.8) is 0 Å². The van der Waals surface area contributed by atoms with E-state index in [1.165, 1.54) is 0 Å². The number of aromatic nitrogens is 2. The molecule has 1 saturated heterocycles. The highest BCUT2D eigenvalue weighted by molar-refractivity contribution is 5.76. The van der Waals surface area contributed by atoms with E-state index in [4.69, 9.17) is 0 Å². The number of carbonyl (C=O) groups excluding carboxylic acids is 1. The Hall–Kier alpha value is -1.85. The fourth-order valence-electron chi connectivity index (χ4n) is 2.39. The van der Waals surface area contributed by atoms with Crippen LogP contribution in [0.5, 0.6) is 0 Å². The summed E-state index contributed by atoms with van der Waals surface area (Å²) in [6, 6.07) is 1.98. The summed E-state index contributed by atoms with van der Waals surface area (Å²) in [6.07, 6.45) is 0.581. The molecule has 1 amide bonds. The van der Waals surface area contributed by atoms with Crippen LogP contribution in [0.1, 0.15) is 26.1 Å². The summed E-state index contributed by atoms with van der Waals surface area (Å²) in [4.78, 5) is 24.7. The van der Waals surface area contributed by atoms with Gasteiger partial charge in [-0.2, -0.15) is 0 Å². The van der Waals surface area contributed by atoms with Crippen molar-refractivity contribution in [2.75, 3.05) is 42.9 Å². The van der Waals surface area contributed by atoms with E-state index < -0.39 is 0 Å². The average molecular weight is 277 g/mol. The molecular formula is C14H23N5O. The van der Waals surface area contributed by atoms with Crippen LogP contribution in [0.4, 0.5) is 11.6 Å². The zero-order valence-corrected chi connectivity index (χ0v) is 12.5. The third-order valence-electron chi connectivity index (χ3n) is 3.44. The molecular weight excluding hydrogens is 254 g/mol. The molecule has 6 heteroatoms. The number of nitrogens with one attached hydrogen (secondary N) is 1. The van der Waals surface area contributed by atoms with Crippen LogP contribution in [-0.2, 0) is 4.79 Å².